The molecule has 5 heteroatoms. The number of nitrogens with two attached hydrogens (primary N) is 1. The molecule has 3 N–H and O–H groups in total. The standard InChI is InChI=1S/C8H11N3O2/c1-13-8(12)5-6(9)11-7(10-5)4-2-3-4/h4H,2-3,9H2,1H3,(H,10,11). The minimum atomic E-state index is -0.461. The minimum Gasteiger partial charge on any atom is -0.464 e. The van der Waals surface area contributed by atoms with Gasteiger partial charge in [0.15, 0.2) is 11.5 Å². The summed E-state index contributed by atoms with van der Waals surface area (Å²) < 4.78 is 4.54. The van der Waals surface area contributed by atoms with Crippen LogP contribution in [-0.2, 0) is 4.74 Å². The second-order valence-corrected chi connectivity index (χ2v) is 3.15. The van der Waals surface area contributed by atoms with Crippen molar-refractivity contribution in [1.29, 1.82) is 0 Å². The third-order valence-electron chi connectivity index (χ3n) is 2.10. The Hall–Kier alpha value is -1.52. The SMILES string of the molecule is COC(=O)c1[nH]c(C2CC2)nc1N. The number of anilines is 1. The van der Waals surface area contributed by atoms with Crippen molar-refractivity contribution < 1.29 is 9.53 Å². The lowest BCUT2D eigenvalue weighted by Gasteiger charge is -1.94. The Labute approximate surface area is 75.3 Å². The van der Waals surface area contributed by atoms with Gasteiger partial charge in [0.25, 0.3) is 0 Å². The van der Waals surface area contributed by atoms with Crippen molar-refractivity contribution in [3.63, 3.8) is 0 Å². The van der Waals surface area contributed by atoms with E-state index in [4.69, 9.17) is 5.73 Å². The van der Waals surface area contributed by atoms with Crippen LogP contribution in [0.25, 0.3) is 0 Å². The molecule has 1 aromatic heterocycles. The first-order valence-electron chi connectivity index (χ1n) is 4.16. The number of H-pyrrole nitrogens is 1. The molecular weight excluding hydrogens is 170 g/mol. The van der Waals surface area contributed by atoms with E-state index in [2.05, 4.69) is 14.7 Å². The van der Waals surface area contributed by atoms with Crippen molar-refractivity contribution in [2.24, 2.45) is 0 Å². The normalized spacial score (nSPS) is 15.8. The van der Waals surface area contributed by atoms with Crippen LogP contribution in [0.3, 0.4) is 0 Å². The molecule has 2 rings (SSSR count). The van der Waals surface area contributed by atoms with E-state index in [1.807, 2.05) is 0 Å². The molecule has 0 radical (unpaired) electrons. The second kappa shape index (κ2) is 2.76. The molecular formula is C8H11N3O2. The number of hydrogen-bond donors (Lipinski definition) is 2. The third-order valence-corrected chi connectivity index (χ3v) is 2.10. The number of methoxy groups -OCH3 is 1. The summed E-state index contributed by atoms with van der Waals surface area (Å²) in [5, 5.41) is 0. The minimum absolute atomic E-state index is 0.230. The van der Waals surface area contributed by atoms with Crippen molar-refractivity contribution in [1.82, 2.24) is 9.97 Å². The van der Waals surface area contributed by atoms with Crippen LogP contribution < -0.4 is 5.73 Å². The van der Waals surface area contributed by atoms with Gasteiger partial charge >= 0.3 is 5.97 Å². The number of nitrogen functional groups attached to an aromatic ring is 1. The first-order chi connectivity index (χ1) is 6.22. The molecule has 0 aliphatic heterocycles. The van der Waals surface area contributed by atoms with Crippen LogP contribution in [0.1, 0.15) is 35.1 Å². The van der Waals surface area contributed by atoms with Crippen molar-refractivity contribution >= 4 is 11.8 Å². The van der Waals surface area contributed by atoms with Gasteiger partial charge in [-0.25, -0.2) is 9.78 Å². The number of hydrogen-bond acceptors (Lipinski definition) is 4. The fourth-order valence-corrected chi connectivity index (χ4v) is 1.21. The number of aromatic amines is 1. The van der Waals surface area contributed by atoms with E-state index < -0.39 is 5.97 Å². The highest BCUT2D eigenvalue weighted by Gasteiger charge is 2.28. The predicted molar refractivity (Wildman–Crippen MR) is 46.3 cm³/mol. The van der Waals surface area contributed by atoms with Gasteiger partial charge in [0.05, 0.1) is 7.11 Å². The second-order valence-electron chi connectivity index (χ2n) is 3.15. The molecule has 1 aliphatic carbocycles. The summed E-state index contributed by atoms with van der Waals surface area (Å²) >= 11 is 0. The van der Waals surface area contributed by atoms with E-state index in [0.717, 1.165) is 18.7 Å². The summed E-state index contributed by atoms with van der Waals surface area (Å²) in [5.41, 5.74) is 5.81. The Morgan fingerprint density at radius 1 is 1.69 bits per heavy atom. The topological polar surface area (TPSA) is 81.0 Å². The van der Waals surface area contributed by atoms with Gasteiger partial charge in [-0.3, -0.25) is 0 Å². The summed E-state index contributed by atoms with van der Waals surface area (Å²) in [5.74, 6) is 1.03. The summed E-state index contributed by atoms with van der Waals surface area (Å²) in [6.07, 6.45) is 2.24. The molecule has 1 heterocycles. The highest BCUT2D eigenvalue weighted by atomic mass is 16.5. The van der Waals surface area contributed by atoms with E-state index in [0.29, 0.717) is 5.92 Å². The molecule has 0 unspecified atom stereocenters. The van der Waals surface area contributed by atoms with Gasteiger partial charge in [-0.1, -0.05) is 0 Å². The van der Waals surface area contributed by atoms with Gasteiger partial charge in [-0.15, -0.1) is 0 Å². The fraction of sp³-hybridized carbons (Fsp3) is 0.500. The quantitative estimate of drug-likeness (QED) is 0.656. The molecule has 0 aromatic carbocycles. The number of imidazole rings is 1. The van der Waals surface area contributed by atoms with Crippen LogP contribution in [0, 0.1) is 0 Å². The molecule has 0 atom stereocenters. The number of aromatic nitrogens is 2. The number of nitrogens with one attached hydrogen (secondary N) is 1. The molecule has 70 valence electrons. The van der Waals surface area contributed by atoms with Crippen LogP contribution in [0.15, 0.2) is 0 Å². The monoisotopic (exact) mass is 181 g/mol. The molecule has 1 aromatic rings. The zero-order valence-electron chi connectivity index (χ0n) is 7.33. The maximum Gasteiger partial charge on any atom is 0.358 e. The van der Waals surface area contributed by atoms with E-state index >= 15 is 0 Å². The number of rotatable bonds is 2. The van der Waals surface area contributed by atoms with Gasteiger partial charge in [-0.05, 0) is 12.8 Å². The van der Waals surface area contributed by atoms with Crippen molar-refractivity contribution in [3.8, 4) is 0 Å². The molecule has 5 nitrogen and oxygen atoms in total. The molecule has 0 spiro atoms. The lowest BCUT2D eigenvalue weighted by atomic mass is 10.4. The summed E-state index contributed by atoms with van der Waals surface area (Å²) in [6.45, 7) is 0. The van der Waals surface area contributed by atoms with Crippen LogP contribution in [-0.4, -0.2) is 23.0 Å². The molecule has 0 bridgehead atoms. The average Bonchev–Trinajstić information content (AvgIpc) is 2.89. The first-order valence-corrected chi connectivity index (χ1v) is 4.16. The molecule has 0 amide bonds. The van der Waals surface area contributed by atoms with Crippen molar-refractivity contribution in [2.45, 2.75) is 18.8 Å². The van der Waals surface area contributed by atoms with Crippen LogP contribution in [0.2, 0.25) is 0 Å². The average molecular weight is 181 g/mol. The van der Waals surface area contributed by atoms with Gasteiger partial charge < -0.3 is 15.5 Å². The van der Waals surface area contributed by atoms with Crippen molar-refractivity contribution in [2.75, 3.05) is 12.8 Å². The summed E-state index contributed by atoms with van der Waals surface area (Å²) in [7, 11) is 1.32. The molecule has 13 heavy (non-hydrogen) atoms. The largest absolute Gasteiger partial charge is 0.464 e. The number of esters is 1. The fourth-order valence-electron chi connectivity index (χ4n) is 1.21. The Bertz CT molecular complexity index is 341. The molecule has 1 saturated carbocycles. The Balaban J connectivity index is 2.29. The lowest BCUT2D eigenvalue weighted by molar-refractivity contribution is 0.0596. The third kappa shape index (κ3) is 1.37. The maximum absolute atomic E-state index is 11.1. The van der Waals surface area contributed by atoms with Crippen LogP contribution in [0.5, 0.6) is 0 Å². The number of carbonyl (C=O) groups excluding carboxylic acids is 1. The molecule has 0 saturated heterocycles. The summed E-state index contributed by atoms with van der Waals surface area (Å²) in [4.78, 5) is 18.1. The molecule has 1 aliphatic rings. The van der Waals surface area contributed by atoms with E-state index in [1.54, 1.807) is 0 Å². The number of nitrogens with zero attached hydrogens (tertiary/aromatic N) is 1. The van der Waals surface area contributed by atoms with Gasteiger partial charge in [0.2, 0.25) is 0 Å². The van der Waals surface area contributed by atoms with Gasteiger partial charge in [0.1, 0.15) is 5.82 Å². The maximum atomic E-state index is 11.1. The predicted octanol–water partition coefficient (Wildman–Crippen LogP) is 0.656. The van der Waals surface area contributed by atoms with Gasteiger partial charge in [-0.2, -0.15) is 0 Å². The van der Waals surface area contributed by atoms with Crippen LogP contribution in [0.4, 0.5) is 5.82 Å². The van der Waals surface area contributed by atoms with E-state index in [1.165, 1.54) is 7.11 Å². The Kier molecular flexibility index (Phi) is 1.72. The highest BCUT2D eigenvalue weighted by molar-refractivity contribution is 5.92. The smallest absolute Gasteiger partial charge is 0.358 e. The highest BCUT2D eigenvalue weighted by Crippen LogP contribution is 2.38. The summed E-state index contributed by atoms with van der Waals surface area (Å²) in [6, 6.07) is 0. The van der Waals surface area contributed by atoms with E-state index in [-0.39, 0.29) is 11.5 Å². The molecule has 1 fully saturated rings. The zero-order valence-corrected chi connectivity index (χ0v) is 7.33. The number of carbonyl (C=O) groups is 1. The zero-order chi connectivity index (χ0) is 9.42. The lowest BCUT2D eigenvalue weighted by Crippen LogP contribution is -2.05. The number of ether oxygens (including phenoxy) is 1. The Morgan fingerprint density at radius 2 is 2.38 bits per heavy atom. The van der Waals surface area contributed by atoms with Crippen LogP contribution >= 0.6 is 0 Å². The van der Waals surface area contributed by atoms with Gasteiger partial charge in [0, 0.05) is 5.92 Å². The van der Waals surface area contributed by atoms with Crippen molar-refractivity contribution in [3.05, 3.63) is 11.5 Å². The first kappa shape index (κ1) is 8.10. The Morgan fingerprint density at radius 3 is 2.92 bits per heavy atom. The van der Waals surface area contributed by atoms with E-state index in [9.17, 15) is 4.79 Å².